The van der Waals surface area contributed by atoms with Gasteiger partial charge in [0.15, 0.2) is 0 Å². The molecule has 1 aromatic carbocycles. The summed E-state index contributed by atoms with van der Waals surface area (Å²) in [6.45, 7) is 8.90. The monoisotopic (exact) mass is 180 g/mol. The Hall–Kier alpha value is -1.01. The lowest BCUT2D eigenvalue weighted by atomic mass is 10.1. The summed E-state index contributed by atoms with van der Waals surface area (Å²) in [4.78, 5) is 0. The number of benzene rings is 1. The normalized spacial score (nSPS) is 7.83. The number of hydrogen-bond donors (Lipinski definition) is 0. The van der Waals surface area contributed by atoms with Crippen molar-refractivity contribution >= 4 is 17.7 Å². The fourth-order valence-electron chi connectivity index (χ4n) is 0.816. The highest BCUT2D eigenvalue weighted by Crippen LogP contribution is 2.06. The number of hydrogen-bond acceptors (Lipinski definition) is 0. The van der Waals surface area contributed by atoms with Crippen LogP contribution in [0, 0.1) is 6.92 Å². The summed E-state index contributed by atoms with van der Waals surface area (Å²) in [5, 5.41) is 0. The Bertz CT molecular complexity index is 251. The van der Waals surface area contributed by atoms with Crippen molar-refractivity contribution in [3.8, 4) is 0 Å². The minimum absolute atomic E-state index is 1.22. The Morgan fingerprint density at radius 2 is 1.75 bits per heavy atom. The third kappa shape index (κ3) is 3.99. The second-order valence-corrected chi connectivity index (χ2v) is 2.52. The van der Waals surface area contributed by atoms with Crippen LogP contribution in [0.15, 0.2) is 43.0 Å². The maximum atomic E-state index is 4.76. The molecule has 12 heavy (non-hydrogen) atoms. The van der Waals surface area contributed by atoms with Gasteiger partial charge in [0, 0.05) is 0 Å². The summed E-state index contributed by atoms with van der Waals surface area (Å²) in [6, 6.07) is 8.19. The third-order valence-electron chi connectivity index (χ3n) is 1.41. The summed E-state index contributed by atoms with van der Waals surface area (Å²) in [7, 11) is 0. The van der Waals surface area contributed by atoms with Crippen molar-refractivity contribution in [2.24, 2.45) is 0 Å². The molecule has 0 bridgehead atoms. The number of halogens is 1. The molecule has 0 radical (unpaired) electrons. The Balaban J connectivity index is 0.000000354. The van der Waals surface area contributed by atoms with Gasteiger partial charge in [-0.15, -0.1) is 0 Å². The largest absolute Gasteiger partial charge is 0.0985 e. The van der Waals surface area contributed by atoms with E-state index >= 15 is 0 Å². The van der Waals surface area contributed by atoms with Crippen molar-refractivity contribution in [1.29, 1.82) is 0 Å². The van der Waals surface area contributed by atoms with E-state index in [0.717, 1.165) is 0 Å². The molecule has 1 heteroatoms. The number of aryl methyl sites for hydroxylation is 1. The minimum Gasteiger partial charge on any atom is -0.0985 e. The lowest BCUT2D eigenvalue weighted by molar-refractivity contribution is 1.45. The van der Waals surface area contributed by atoms with Gasteiger partial charge >= 0.3 is 0 Å². The van der Waals surface area contributed by atoms with Crippen LogP contribution in [-0.2, 0) is 0 Å². The Kier molecular flexibility index (Phi) is 6.12. The molecule has 0 atom stereocenters. The van der Waals surface area contributed by atoms with Crippen LogP contribution in [0.5, 0.6) is 0 Å². The van der Waals surface area contributed by atoms with Gasteiger partial charge in [0.05, 0.1) is 0 Å². The average Bonchev–Trinajstić information content (AvgIpc) is 2.07. The molecule has 0 N–H and O–H groups in total. The molecular weight excluding hydrogens is 168 g/mol. The zero-order valence-corrected chi connectivity index (χ0v) is 8.01. The Labute approximate surface area is 79.2 Å². The molecule has 64 valence electrons. The molecule has 0 saturated carbocycles. The van der Waals surface area contributed by atoms with E-state index in [-0.39, 0.29) is 0 Å². The van der Waals surface area contributed by atoms with Crippen LogP contribution in [0.3, 0.4) is 0 Å². The summed E-state index contributed by atoms with van der Waals surface area (Å²) in [6.07, 6.45) is 1.87. The smallest absolute Gasteiger partial charge is 0.00296 e. The van der Waals surface area contributed by atoms with E-state index < -0.39 is 0 Å². The lowest BCUT2D eigenvalue weighted by Crippen LogP contribution is -1.75. The molecule has 0 aromatic heterocycles. The first-order valence-corrected chi connectivity index (χ1v) is 4.09. The van der Waals surface area contributed by atoms with Crippen LogP contribution in [0.1, 0.15) is 11.1 Å². The highest BCUT2D eigenvalue weighted by molar-refractivity contribution is 6.25. The summed E-state index contributed by atoms with van der Waals surface area (Å²) in [5.74, 6) is 0. The van der Waals surface area contributed by atoms with Gasteiger partial charge in [0.1, 0.15) is 0 Å². The zero-order valence-electron chi connectivity index (χ0n) is 7.26. The van der Waals surface area contributed by atoms with E-state index in [1.54, 1.807) is 0 Å². The molecular formula is C11H13Cl. The van der Waals surface area contributed by atoms with Crippen LogP contribution in [0.2, 0.25) is 0 Å². The summed E-state index contributed by atoms with van der Waals surface area (Å²) < 4.78 is 0. The fraction of sp³-hybridized carbons (Fsp3) is 0.0909. The Morgan fingerprint density at radius 3 is 2.08 bits per heavy atom. The van der Waals surface area contributed by atoms with Crippen LogP contribution >= 0.6 is 11.6 Å². The first-order valence-electron chi connectivity index (χ1n) is 3.65. The maximum Gasteiger partial charge on any atom is -0.00296 e. The molecule has 0 spiro atoms. The minimum atomic E-state index is 1.22. The SMILES string of the molecule is C=CCl.C=Cc1ccccc1C. The third-order valence-corrected chi connectivity index (χ3v) is 1.41. The van der Waals surface area contributed by atoms with E-state index in [9.17, 15) is 0 Å². The lowest BCUT2D eigenvalue weighted by Gasteiger charge is -1.95. The molecule has 0 heterocycles. The second kappa shape index (κ2) is 6.68. The summed E-state index contributed by atoms with van der Waals surface area (Å²) in [5.41, 5.74) is 3.73. The van der Waals surface area contributed by atoms with E-state index in [1.165, 1.54) is 16.7 Å². The average molecular weight is 181 g/mol. The van der Waals surface area contributed by atoms with Gasteiger partial charge in [0.2, 0.25) is 0 Å². The van der Waals surface area contributed by atoms with Crippen molar-refractivity contribution in [2.45, 2.75) is 6.92 Å². The quantitative estimate of drug-likeness (QED) is 0.613. The van der Waals surface area contributed by atoms with E-state index in [0.29, 0.717) is 0 Å². The molecule has 0 aliphatic rings. The predicted octanol–water partition coefficient (Wildman–Crippen LogP) is 4.01. The van der Waals surface area contributed by atoms with Gasteiger partial charge in [0.25, 0.3) is 0 Å². The predicted molar refractivity (Wildman–Crippen MR) is 57.3 cm³/mol. The molecule has 0 aliphatic carbocycles. The van der Waals surface area contributed by atoms with Gasteiger partial charge < -0.3 is 0 Å². The van der Waals surface area contributed by atoms with Crippen LogP contribution in [0.4, 0.5) is 0 Å². The highest BCUT2D eigenvalue weighted by Gasteiger charge is 1.86. The molecule has 0 amide bonds. The van der Waals surface area contributed by atoms with Gasteiger partial charge in [-0.3, -0.25) is 0 Å². The van der Waals surface area contributed by atoms with E-state index in [1.807, 2.05) is 18.2 Å². The van der Waals surface area contributed by atoms with E-state index in [2.05, 4.69) is 32.2 Å². The highest BCUT2D eigenvalue weighted by atomic mass is 35.5. The summed E-state index contributed by atoms with van der Waals surface area (Å²) >= 11 is 4.76. The fourth-order valence-corrected chi connectivity index (χ4v) is 0.816. The van der Waals surface area contributed by atoms with Crippen molar-refractivity contribution in [3.63, 3.8) is 0 Å². The van der Waals surface area contributed by atoms with Crippen LogP contribution in [0.25, 0.3) is 6.08 Å². The topological polar surface area (TPSA) is 0 Å². The standard InChI is InChI=1S/C9H10.C2H3Cl/c1-3-9-7-5-4-6-8(9)2;1-2-3/h3-7H,1H2,2H3;2H,1H2. The number of rotatable bonds is 1. The second-order valence-electron chi connectivity index (χ2n) is 2.22. The van der Waals surface area contributed by atoms with Gasteiger partial charge in [-0.1, -0.05) is 55.1 Å². The molecule has 0 aliphatic heterocycles. The molecule has 0 unspecified atom stereocenters. The molecule has 1 aromatic rings. The maximum absolute atomic E-state index is 4.76. The van der Waals surface area contributed by atoms with Gasteiger partial charge in [-0.05, 0) is 23.6 Å². The van der Waals surface area contributed by atoms with Gasteiger partial charge in [-0.25, -0.2) is 0 Å². The Morgan fingerprint density at radius 1 is 1.25 bits per heavy atom. The van der Waals surface area contributed by atoms with Crippen molar-refractivity contribution < 1.29 is 0 Å². The molecule has 0 nitrogen and oxygen atoms in total. The van der Waals surface area contributed by atoms with Crippen molar-refractivity contribution in [2.75, 3.05) is 0 Å². The van der Waals surface area contributed by atoms with Gasteiger partial charge in [-0.2, -0.15) is 0 Å². The zero-order chi connectivity index (χ0) is 9.40. The molecule has 0 saturated heterocycles. The first-order chi connectivity index (χ1) is 5.76. The van der Waals surface area contributed by atoms with E-state index in [4.69, 9.17) is 11.6 Å². The van der Waals surface area contributed by atoms with Crippen LogP contribution < -0.4 is 0 Å². The van der Waals surface area contributed by atoms with Crippen molar-refractivity contribution in [1.82, 2.24) is 0 Å². The van der Waals surface area contributed by atoms with Crippen molar-refractivity contribution in [3.05, 3.63) is 54.1 Å². The first kappa shape index (κ1) is 11.0. The van der Waals surface area contributed by atoms with Crippen LogP contribution in [-0.4, -0.2) is 0 Å². The molecule has 1 rings (SSSR count). The molecule has 0 fully saturated rings.